The lowest BCUT2D eigenvalue weighted by Gasteiger charge is -2.18. The number of hydrogen-bond acceptors (Lipinski definition) is 6. The van der Waals surface area contributed by atoms with Crippen molar-refractivity contribution in [2.45, 2.75) is 375 Å². The van der Waals surface area contributed by atoms with Gasteiger partial charge >= 0.3 is 17.9 Å². The Kier molecular flexibility index (Phi) is 56.4. The highest BCUT2D eigenvalue weighted by atomic mass is 16.6. The lowest BCUT2D eigenvalue weighted by Crippen LogP contribution is -2.30. The number of carbonyl (C=O) groups excluding carboxylic acids is 3. The minimum atomic E-state index is -0.764. The molecule has 0 aromatic heterocycles. The van der Waals surface area contributed by atoms with Crippen molar-refractivity contribution in [2.75, 3.05) is 13.2 Å². The smallest absolute Gasteiger partial charge is 0.306 e. The largest absolute Gasteiger partial charge is 0.462 e. The number of carbonyl (C=O) groups is 3. The van der Waals surface area contributed by atoms with Gasteiger partial charge in [0.2, 0.25) is 0 Å². The monoisotopic (exact) mass is 1000 g/mol. The van der Waals surface area contributed by atoms with Crippen LogP contribution in [0, 0.1) is 11.8 Å². The summed E-state index contributed by atoms with van der Waals surface area (Å²) in [5, 5.41) is 0. The zero-order chi connectivity index (χ0) is 51.8. The van der Waals surface area contributed by atoms with Crippen molar-refractivity contribution in [2.24, 2.45) is 11.8 Å². The average molecular weight is 1000 g/mol. The highest BCUT2D eigenvalue weighted by molar-refractivity contribution is 5.71. The molecule has 0 amide bonds. The van der Waals surface area contributed by atoms with Crippen molar-refractivity contribution in [3.05, 3.63) is 0 Å². The minimum absolute atomic E-state index is 0.0617. The number of ether oxygens (including phenoxy) is 3. The number of esters is 3. The molecule has 71 heavy (non-hydrogen) atoms. The standard InChI is InChI=1S/C65H126O6/c1-6-7-8-9-10-11-12-13-14-15-19-25-30-35-40-45-50-55-63(66)69-58-62(59-70-64(67)56-51-46-41-36-31-26-22-21-24-29-34-39-44-49-54-61(4)5)71-65(68)57-52-47-42-37-32-27-20-17-16-18-23-28-33-38-43-48-53-60(2)3/h60-62H,6-59H2,1-5H3/t62-/m1/s1. The molecule has 1 atom stereocenters. The highest BCUT2D eigenvalue weighted by Crippen LogP contribution is 2.19. The Bertz CT molecular complexity index is 1090. The first-order valence-electron chi connectivity index (χ1n) is 32.2. The van der Waals surface area contributed by atoms with Gasteiger partial charge in [-0.3, -0.25) is 14.4 Å². The van der Waals surface area contributed by atoms with E-state index in [0.717, 1.165) is 69.6 Å². The van der Waals surface area contributed by atoms with E-state index in [1.807, 2.05) is 0 Å². The molecule has 0 aliphatic carbocycles. The lowest BCUT2D eigenvalue weighted by molar-refractivity contribution is -0.167. The van der Waals surface area contributed by atoms with Crippen LogP contribution in [-0.4, -0.2) is 37.2 Å². The van der Waals surface area contributed by atoms with Gasteiger partial charge in [-0.05, 0) is 31.1 Å². The molecule has 0 unspecified atom stereocenters. The number of rotatable bonds is 59. The van der Waals surface area contributed by atoms with Crippen LogP contribution in [0.3, 0.4) is 0 Å². The molecule has 0 fully saturated rings. The van der Waals surface area contributed by atoms with Gasteiger partial charge in [0.05, 0.1) is 0 Å². The van der Waals surface area contributed by atoms with Crippen LogP contribution in [0.2, 0.25) is 0 Å². The molecule has 0 rings (SSSR count). The first kappa shape index (κ1) is 69.4. The zero-order valence-electron chi connectivity index (χ0n) is 48.9. The van der Waals surface area contributed by atoms with E-state index in [1.165, 1.54) is 257 Å². The summed E-state index contributed by atoms with van der Waals surface area (Å²) in [6, 6.07) is 0. The fourth-order valence-corrected chi connectivity index (χ4v) is 10.1. The van der Waals surface area contributed by atoms with Crippen molar-refractivity contribution in [1.29, 1.82) is 0 Å². The molecule has 0 radical (unpaired) electrons. The summed E-state index contributed by atoms with van der Waals surface area (Å²) in [6.45, 7) is 11.5. The van der Waals surface area contributed by atoms with E-state index in [1.54, 1.807) is 0 Å². The van der Waals surface area contributed by atoms with Gasteiger partial charge in [0, 0.05) is 19.3 Å². The van der Waals surface area contributed by atoms with E-state index in [0.29, 0.717) is 19.3 Å². The molecule has 0 aromatic rings. The molecule has 0 bridgehead atoms. The van der Waals surface area contributed by atoms with Gasteiger partial charge in [-0.25, -0.2) is 0 Å². The quantitative estimate of drug-likeness (QED) is 0.0343. The summed E-state index contributed by atoms with van der Waals surface area (Å²) >= 11 is 0. The molecule has 0 heterocycles. The van der Waals surface area contributed by atoms with Crippen molar-refractivity contribution < 1.29 is 28.6 Å². The van der Waals surface area contributed by atoms with Crippen LogP contribution in [0.15, 0.2) is 0 Å². The maximum Gasteiger partial charge on any atom is 0.306 e. The van der Waals surface area contributed by atoms with Crippen LogP contribution in [-0.2, 0) is 28.6 Å². The third-order valence-corrected chi connectivity index (χ3v) is 15.0. The van der Waals surface area contributed by atoms with Gasteiger partial charge < -0.3 is 14.2 Å². The van der Waals surface area contributed by atoms with E-state index in [-0.39, 0.29) is 31.1 Å². The molecule has 422 valence electrons. The summed E-state index contributed by atoms with van der Waals surface area (Å²) in [7, 11) is 0. The van der Waals surface area contributed by atoms with E-state index in [9.17, 15) is 14.4 Å². The number of unbranched alkanes of at least 4 members (excludes halogenated alkanes) is 44. The van der Waals surface area contributed by atoms with E-state index >= 15 is 0 Å². The van der Waals surface area contributed by atoms with Gasteiger partial charge in [0.25, 0.3) is 0 Å². The Labute approximate surface area is 444 Å². The maximum atomic E-state index is 12.9. The van der Waals surface area contributed by atoms with Crippen molar-refractivity contribution in [3.63, 3.8) is 0 Å². The molecule has 0 aliphatic heterocycles. The molecule has 0 spiro atoms. The van der Waals surface area contributed by atoms with Crippen LogP contribution in [0.4, 0.5) is 0 Å². The molecular formula is C65H126O6. The maximum absolute atomic E-state index is 12.9. The van der Waals surface area contributed by atoms with Crippen LogP contribution < -0.4 is 0 Å². The third-order valence-electron chi connectivity index (χ3n) is 15.0. The van der Waals surface area contributed by atoms with Crippen LogP contribution in [0.25, 0.3) is 0 Å². The number of hydrogen-bond donors (Lipinski definition) is 0. The summed E-state index contributed by atoms with van der Waals surface area (Å²) in [5.74, 6) is 0.867. The first-order chi connectivity index (χ1) is 34.7. The minimum Gasteiger partial charge on any atom is -0.462 e. The van der Waals surface area contributed by atoms with E-state index < -0.39 is 6.10 Å². The zero-order valence-corrected chi connectivity index (χ0v) is 48.9. The Morgan fingerprint density at radius 1 is 0.268 bits per heavy atom. The summed E-state index contributed by atoms with van der Waals surface area (Å²) < 4.78 is 17.0. The molecule has 0 N–H and O–H groups in total. The van der Waals surface area contributed by atoms with Gasteiger partial charge in [-0.1, -0.05) is 330 Å². The Morgan fingerprint density at radius 3 is 0.690 bits per heavy atom. The van der Waals surface area contributed by atoms with Gasteiger partial charge in [0.15, 0.2) is 6.10 Å². The SMILES string of the molecule is CCCCCCCCCCCCCCCCCCCC(=O)OC[C@H](COC(=O)CCCCCCCCCCCCCCCCC(C)C)OC(=O)CCCCCCCCCCCCCCCCCCC(C)C. The molecule has 0 aliphatic rings. The van der Waals surface area contributed by atoms with Crippen molar-refractivity contribution in [1.82, 2.24) is 0 Å². The molecular weight excluding hydrogens is 877 g/mol. The Hall–Kier alpha value is -1.59. The Morgan fingerprint density at radius 2 is 0.465 bits per heavy atom. The van der Waals surface area contributed by atoms with Gasteiger partial charge in [-0.2, -0.15) is 0 Å². The normalized spacial score (nSPS) is 12.0. The second-order valence-corrected chi connectivity index (χ2v) is 23.4. The molecule has 0 saturated carbocycles. The Balaban J connectivity index is 4.29. The molecule has 6 nitrogen and oxygen atoms in total. The fraction of sp³-hybridized carbons (Fsp3) is 0.954. The molecule has 0 saturated heterocycles. The van der Waals surface area contributed by atoms with Crippen molar-refractivity contribution >= 4 is 17.9 Å². The predicted molar refractivity (Wildman–Crippen MR) is 307 cm³/mol. The molecule has 6 heteroatoms. The third kappa shape index (κ3) is 59.2. The highest BCUT2D eigenvalue weighted by Gasteiger charge is 2.19. The van der Waals surface area contributed by atoms with Crippen molar-refractivity contribution in [3.8, 4) is 0 Å². The van der Waals surface area contributed by atoms with Gasteiger partial charge in [0.1, 0.15) is 13.2 Å². The second-order valence-electron chi connectivity index (χ2n) is 23.4. The van der Waals surface area contributed by atoms with E-state index in [2.05, 4.69) is 34.6 Å². The topological polar surface area (TPSA) is 78.9 Å². The summed E-state index contributed by atoms with van der Waals surface area (Å²) in [5.41, 5.74) is 0. The van der Waals surface area contributed by atoms with Crippen LogP contribution in [0.5, 0.6) is 0 Å². The summed E-state index contributed by atoms with van der Waals surface area (Å²) in [6.07, 6.45) is 63.9. The lowest BCUT2D eigenvalue weighted by atomic mass is 10.0. The summed E-state index contributed by atoms with van der Waals surface area (Å²) in [4.78, 5) is 38.3. The predicted octanol–water partition coefficient (Wildman–Crippen LogP) is 21.6. The van der Waals surface area contributed by atoms with Gasteiger partial charge in [-0.15, -0.1) is 0 Å². The first-order valence-corrected chi connectivity index (χ1v) is 32.2. The van der Waals surface area contributed by atoms with E-state index in [4.69, 9.17) is 14.2 Å². The second kappa shape index (κ2) is 57.7. The average Bonchev–Trinajstić information content (AvgIpc) is 3.35. The van der Waals surface area contributed by atoms with Crippen LogP contribution in [0.1, 0.15) is 369 Å². The fourth-order valence-electron chi connectivity index (χ4n) is 10.1. The van der Waals surface area contributed by atoms with Crippen LogP contribution >= 0.6 is 0 Å². The molecule has 0 aromatic carbocycles.